The van der Waals surface area contributed by atoms with Gasteiger partial charge in [-0.15, -0.1) is 0 Å². The summed E-state index contributed by atoms with van der Waals surface area (Å²) >= 11 is 0. The average Bonchev–Trinajstić information content (AvgIpc) is 3.42. The maximum Gasteiger partial charge on any atom is 0.234 e. The van der Waals surface area contributed by atoms with Crippen LogP contribution in [-0.2, 0) is 9.53 Å². The summed E-state index contributed by atoms with van der Waals surface area (Å²) in [6, 6.07) is 0.795. The fraction of sp³-hybridized carbons (Fsp3) is 0.895. The summed E-state index contributed by atoms with van der Waals surface area (Å²) in [6.07, 6.45) is 3.26. The number of piperazine rings is 1. The molecule has 2 N–H and O–H groups in total. The summed E-state index contributed by atoms with van der Waals surface area (Å²) in [7, 11) is 3.64. The molecule has 26 heavy (non-hydrogen) atoms. The van der Waals surface area contributed by atoms with Crippen molar-refractivity contribution in [2.24, 2.45) is 10.4 Å². The Morgan fingerprint density at radius 1 is 1.15 bits per heavy atom. The molecule has 2 saturated carbocycles. The molecule has 3 rings (SSSR count). The molecule has 0 spiro atoms. The van der Waals surface area contributed by atoms with E-state index in [9.17, 15) is 4.79 Å². The van der Waals surface area contributed by atoms with Crippen LogP contribution in [0.25, 0.3) is 0 Å². The Labute approximate surface area is 157 Å². The molecule has 1 saturated heterocycles. The van der Waals surface area contributed by atoms with Gasteiger partial charge in [-0.25, -0.2) is 0 Å². The molecule has 3 fully saturated rings. The molecule has 0 bridgehead atoms. The number of ether oxygens (including phenoxy) is 1. The van der Waals surface area contributed by atoms with Gasteiger partial charge in [-0.3, -0.25) is 14.7 Å². The zero-order valence-corrected chi connectivity index (χ0v) is 17.0. The Balaban J connectivity index is 1.46. The van der Waals surface area contributed by atoms with E-state index in [1.165, 1.54) is 0 Å². The molecule has 7 heteroatoms. The fourth-order valence-corrected chi connectivity index (χ4v) is 4.00. The van der Waals surface area contributed by atoms with E-state index in [2.05, 4.69) is 46.2 Å². The van der Waals surface area contributed by atoms with Crippen LogP contribution < -0.4 is 10.6 Å². The van der Waals surface area contributed by atoms with Crippen LogP contribution in [0.4, 0.5) is 0 Å². The predicted molar refractivity (Wildman–Crippen MR) is 103 cm³/mol. The Hall–Kier alpha value is -1.34. The number of methoxy groups -OCH3 is 1. The third kappa shape index (κ3) is 3.83. The molecule has 2 atom stereocenters. The molecule has 1 heterocycles. The van der Waals surface area contributed by atoms with Crippen molar-refractivity contribution in [3.63, 3.8) is 0 Å². The van der Waals surface area contributed by atoms with Crippen LogP contribution in [-0.4, -0.2) is 86.2 Å². The largest absolute Gasteiger partial charge is 0.378 e. The van der Waals surface area contributed by atoms with Crippen molar-refractivity contribution in [3.05, 3.63) is 0 Å². The quantitative estimate of drug-likeness (QED) is 0.553. The number of guanidine groups is 1. The first-order valence-corrected chi connectivity index (χ1v) is 9.84. The van der Waals surface area contributed by atoms with Crippen molar-refractivity contribution >= 4 is 11.9 Å². The molecule has 3 aliphatic rings. The van der Waals surface area contributed by atoms with Crippen LogP contribution in [0.1, 0.15) is 40.0 Å². The first kappa shape index (κ1) is 19.4. The molecule has 0 aromatic rings. The molecule has 0 aromatic heterocycles. The minimum atomic E-state index is -0.0862. The fourth-order valence-electron chi connectivity index (χ4n) is 4.00. The SMILES string of the molecule is CN=C(NC1CC(C)(OC)C1(C)C)N1CCN(CC(=O)NC2CC2)CC1. The minimum Gasteiger partial charge on any atom is -0.378 e. The number of hydrogen-bond acceptors (Lipinski definition) is 4. The number of nitrogens with zero attached hydrogens (tertiary/aromatic N) is 3. The van der Waals surface area contributed by atoms with Gasteiger partial charge in [0.15, 0.2) is 5.96 Å². The first-order valence-electron chi connectivity index (χ1n) is 9.84. The van der Waals surface area contributed by atoms with E-state index < -0.39 is 0 Å². The molecule has 1 amide bonds. The van der Waals surface area contributed by atoms with Gasteiger partial charge in [-0.1, -0.05) is 13.8 Å². The summed E-state index contributed by atoms with van der Waals surface area (Å²) < 4.78 is 5.72. The highest BCUT2D eigenvalue weighted by atomic mass is 16.5. The number of amides is 1. The second kappa shape index (κ2) is 7.35. The van der Waals surface area contributed by atoms with Crippen LogP contribution >= 0.6 is 0 Å². The van der Waals surface area contributed by atoms with Gasteiger partial charge in [0, 0.05) is 57.8 Å². The zero-order chi connectivity index (χ0) is 18.9. The van der Waals surface area contributed by atoms with Crippen LogP contribution in [0.2, 0.25) is 0 Å². The molecule has 7 nitrogen and oxygen atoms in total. The number of aliphatic imine (C=N–C) groups is 1. The van der Waals surface area contributed by atoms with E-state index in [-0.39, 0.29) is 16.9 Å². The molecule has 1 aliphatic heterocycles. The van der Waals surface area contributed by atoms with Crippen molar-refractivity contribution in [2.75, 3.05) is 46.9 Å². The van der Waals surface area contributed by atoms with Crippen LogP contribution in [0.15, 0.2) is 4.99 Å². The third-order valence-corrected chi connectivity index (χ3v) is 6.77. The lowest BCUT2D eigenvalue weighted by atomic mass is 9.56. The summed E-state index contributed by atoms with van der Waals surface area (Å²) in [6.45, 7) is 10.8. The average molecular weight is 366 g/mol. The summed E-state index contributed by atoms with van der Waals surface area (Å²) in [5.74, 6) is 1.13. The highest BCUT2D eigenvalue weighted by molar-refractivity contribution is 5.81. The lowest BCUT2D eigenvalue weighted by Crippen LogP contribution is -2.70. The van der Waals surface area contributed by atoms with Crippen LogP contribution in [0, 0.1) is 5.41 Å². The lowest BCUT2D eigenvalue weighted by Gasteiger charge is -2.59. The molecule has 0 aromatic carbocycles. The Kier molecular flexibility index (Phi) is 5.49. The maximum absolute atomic E-state index is 12.0. The molecule has 2 aliphatic carbocycles. The highest BCUT2D eigenvalue weighted by Crippen LogP contribution is 2.51. The second-order valence-electron chi connectivity index (χ2n) is 8.71. The molecule has 2 unspecified atom stereocenters. The van der Waals surface area contributed by atoms with Gasteiger partial charge >= 0.3 is 0 Å². The van der Waals surface area contributed by atoms with Gasteiger partial charge < -0.3 is 20.3 Å². The lowest BCUT2D eigenvalue weighted by molar-refractivity contribution is -0.177. The maximum atomic E-state index is 12.0. The smallest absolute Gasteiger partial charge is 0.234 e. The van der Waals surface area contributed by atoms with Crippen molar-refractivity contribution in [1.29, 1.82) is 0 Å². The molecular weight excluding hydrogens is 330 g/mol. The van der Waals surface area contributed by atoms with Gasteiger partial charge in [0.05, 0.1) is 12.1 Å². The monoisotopic (exact) mass is 365 g/mol. The topological polar surface area (TPSA) is 69.2 Å². The number of hydrogen-bond donors (Lipinski definition) is 2. The van der Waals surface area contributed by atoms with E-state index in [4.69, 9.17) is 4.74 Å². The second-order valence-corrected chi connectivity index (χ2v) is 8.71. The van der Waals surface area contributed by atoms with Gasteiger partial charge in [0.2, 0.25) is 5.91 Å². The van der Waals surface area contributed by atoms with Crippen molar-refractivity contribution < 1.29 is 9.53 Å². The Bertz CT molecular complexity index is 552. The minimum absolute atomic E-state index is 0.0560. The normalized spacial score (nSPS) is 32.1. The standard InChI is InChI=1S/C19H35N5O2/c1-18(2)15(12-19(18,3)26-5)22-17(20-4)24-10-8-23(9-11-24)13-16(25)21-14-6-7-14/h14-15H,6-13H2,1-5H3,(H,20,22)(H,21,25). The summed E-state index contributed by atoms with van der Waals surface area (Å²) in [5.41, 5.74) is -0.0302. The van der Waals surface area contributed by atoms with E-state index in [0.29, 0.717) is 18.6 Å². The Morgan fingerprint density at radius 3 is 2.31 bits per heavy atom. The van der Waals surface area contributed by atoms with E-state index >= 15 is 0 Å². The highest BCUT2D eigenvalue weighted by Gasteiger charge is 2.58. The van der Waals surface area contributed by atoms with E-state index in [1.807, 2.05) is 7.05 Å². The number of rotatable bonds is 5. The third-order valence-electron chi connectivity index (χ3n) is 6.77. The van der Waals surface area contributed by atoms with Crippen molar-refractivity contribution in [3.8, 4) is 0 Å². The van der Waals surface area contributed by atoms with Gasteiger partial charge in [0.25, 0.3) is 0 Å². The predicted octanol–water partition coefficient (Wildman–Crippen LogP) is 0.662. The van der Waals surface area contributed by atoms with Gasteiger partial charge in [-0.2, -0.15) is 0 Å². The molecular formula is C19H35N5O2. The van der Waals surface area contributed by atoms with Gasteiger partial charge in [0.1, 0.15) is 0 Å². The molecule has 148 valence electrons. The first-order chi connectivity index (χ1) is 12.3. The van der Waals surface area contributed by atoms with Crippen LogP contribution in [0.5, 0.6) is 0 Å². The van der Waals surface area contributed by atoms with Crippen molar-refractivity contribution in [1.82, 2.24) is 20.4 Å². The molecule has 0 radical (unpaired) electrons. The Morgan fingerprint density at radius 2 is 1.81 bits per heavy atom. The van der Waals surface area contributed by atoms with Crippen molar-refractivity contribution in [2.45, 2.75) is 57.7 Å². The van der Waals surface area contributed by atoms with E-state index in [0.717, 1.165) is 51.4 Å². The van der Waals surface area contributed by atoms with Gasteiger partial charge in [-0.05, 0) is 26.2 Å². The number of nitrogens with one attached hydrogen (secondary N) is 2. The van der Waals surface area contributed by atoms with Crippen LogP contribution in [0.3, 0.4) is 0 Å². The summed E-state index contributed by atoms with van der Waals surface area (Å²) in [4.78, 5) is 21.0. The number of carbonyl (C=O) groups excluding carboxylic acids is 1. The number of carbonyl (C=O) groups is 1. The summed E-state index contributed by atoms with van der Waals surface area (Å²) in [5, 5.41) is 6.71. The van der Waals surface area contributed by atoms with E-state index in [1.54, 1.807) is 7.11 Å². The zero-order valence-electron chi connectivity index (χ0n) is 17.0.